The molecule has 2 unspecified atom stereocenters. The molecule has 0 aliphatic carbocycles. The summed E-state index contributed by atoms with van der Waals surface area (Å²) in [4.78, 5) is 7.21. The van der Waals surface area contributed by atoms with Crippen molar-refractivity contribution in [2.24, 2.45) is 0 Å². The lowest BCUT2D eigenvalue weighted by atomic mass is 9.71. The van der Waals surface area contributed by atoms with Crippen molar-refractivity contribution in [2.45, 2.75) is 57.7 Å². The molecule has 2 heterocycles. The van der Waals surface area contributed by atoms with Crippen molar-refractivity contribution in [3.05, 3.63) is 64.9 Å². The van der Waals surface area contributed by atoms with Gasteiger partial charge in [-0.05, 0) is 69.0 Å². The first-order valence-corrected chi connectivity index (χ1v) is 9.30. The monoisotopic (exact) mass is 408 g/mol. The second kappa shape index (κ2) is 7.13. The van der Waals surface area contributed by atoms with E-state index in [2.05, 4.69) is 9.97 Å². The van der Waals surface area contributed by atoms with Crippen molar-refractivity contribution in [3.63, 3.8) is 0 Å². The fourth-order valence-corrected chi connectivity index (χ4v) is 4.12. The van der Waals surface area contributed by atoms with Gasteiger partial charge in [-0.1, -0.05) is 6.07 Å². The number of aromatic amines is 1. The second-order valence-corrected chi connectivity index (χ2v) is 8.35. The molecule has 0 fully saturated rings. The van der Waals surface area contributed by atoms with Crippen LogP contribution in [0.5, 0.6) is 0 Å². The van der Waals surface area contributed by atoms with Crippen LogP contribution in [-0.2, 0) is 11.8 Å². The van der Waals surface area contributed by atoms with E-state index in [9.17, 15) is 22.7 Å². The first-order valence-electron chi connectivity index (χ1n) is 9.30. The zero-order valence-corrected chi connectivity index (χ0v) is 16.8. The van der Waals surface area contributed by atoms with E-state index in [1.54, 1.807) is 12.4 Å². The molecule has 2 atom stereocenters. The number of benzene rings is 1. The Hall–Kier alpha value is -2.41. The summed E-state index contributed by atoms with van der Waals surface area (Å²) >= 11 is 0. The smallest absolute Gasteiger partial charge is 0.390 e. The van der Waals surface area contributed by atoms with Crippen LogP contribution in [0.3, 0.4) is 0 Å². The number of hydrogen-bond donors (Lipinski definition) is 2. The largest absolute Gasteiger partial charge is 0.398 e. The first-order chi connectivity index (χ1) is 13.3. The van der Waals surface area contributed by atoms with Crippen LogP contribution in [0.2, 0.25) is 0 Å². The van der Waals surface area contributed by atoms with Crippen molar-refractivity contribution < 1.29 is 22.7 Å². The van der Waals surface area contributed by atoms with Gasteiger partial charge in [0.1, 0.15) is 5.82 Å². The molecule has 0 spiro atoms. The van der Waals surface area contributed by atoms with Crippen LogP contribution in [0.15, 0.2) is 36.7 Å². The predicted molar refractivity (Wildman–Crippen MR) is 104 cm³/mol. The fourth-order valence-electron chi connectivity index (χ4n) is 4.12. The quantitative estimate of drug-likeness (QED) is 0.546. The Balaban J connectivity index is 1.97. The van der Waals surface area contributed by atoms with E-state index in [4.69, 9.17) is 0 Å². The number of pyridine rings is 1. The molecular weight excluding hydrogens is 384 g/mol. The van der Waals surface area contributed by atoms with E-state index in [0.717, 1.165) is 35.5 Å². The Morgan fingerprint density at radius 3 is 2.34 bits per heavy atom. The van der Waals surface area contributed by atoms with E-state index in [1.165, 1.54) is 19.9 Å². The van der Waals surface area contributed by atoms with Gasteiger partial charge in [0.05, 0.1) is 22.7 Å². The second-order valence-electron chi connectivity index (χ2n) is 8.35. The molecule has 0 saturated heterocycles. The van der Waals surface area contributed by atoms with Crippen LogP contribution in [0.1, 0.15) is 42.7 Å². The Kier molecular flexibility index (Phi) is 5.24. The lowest BCUT2D eigenvalue weighted by Crippen LogP contribution is -2.47. The number of rotatable bonds is 5. The minimum Gasteiger partial charge on any atom is -0.390 e. The standard InChI is InChI=1S/C22H24F4N2O/c1-13-5-6-15(23)7-18(13)21(4,22(24,25)26)12-20(3,29)9-16-8-17-14(2)10-27-11-19(17)28-16/h5-8,10-11,28-29H,9,12H2,1-4H3. The number of halogens is 4. The highest BCUT2D eigenvalue weighted by Gasteiger charge is 2.55. The van der Waals surface area contributed by atoms with Gasteiger partial charge in [0.25, 0.3) is 0 Å². The summed E-state index contributed by atoms with van der Waals surface area (Å²) in [5.41, 5.74) is -1.63. The zero-order chi connectivity index (χ0) is 21.6. The molecule has 3 aromatic rings. The van der Waals surface area contributed by atoms with Crippen LogP contribution < -0.4 is 0 Å². The third-order valence-corrected chi connectivity index (χ3v) is 5.53. The summed E-state index contributed by atoms with van der Waals surface area (Å²) in [6.45, 7) is 5.80. The fraction of sp³-hybridized carbons (Fsp3) is 0.409. The van der Waals surface area contributed by atoms with Gasteiger partial charge in [0.15, 0.2) is 0 Å². The maximum Gasteiger partial charge on any atom is 0.398 e. The molecule has 3 rings (SSSR count). The molecule has 0 amide bonds. The molecule has 0 aliphatic rings. The minimum atomic E-state index is -4.67. The molecule has 2 aromatic heterocycles. The summed E-state index contributed by atoms with van der Waals surface area (Å²) < 4.78 is 56.2. The number of nitrogens with one attached hydrogen (secondary N) is 1. The molecule has 0 radical (unpaired) electrons. The highest BCUT2D eigenvalue weighted by molar-refractivity contribution is 5.82. The van der Waals surface area contributed by atoms with Crippen LogP contribution in [0, 0.1) is 19.7 Å². The number of nitrogens with zero attached hydrogens (tertiary/aromatic N) is 1. The van der Waals surface area contributed by atoms with E-state index in [1.807, 2.05) is 13.0 Å². The summed E-state index contributed by atoms with van der Waals surface area (Å²) in [5.74, 6) is -0.737. The third kappa shape index (κ3) is 4.15. The number of hydrogen-bond acceptors (Lipinski definition) is 2. The number of aromatic nitrogens is 2. The van der Waals surface area contributed by atoms with Gasteiger partial charge in [-0.15, -0.1) is 0 Å². The van der Waals surface area contributed by atoms with E-state index < -0.39 is 29.4 Å². The molecule has 156 valence electrons. The molecule has 2 N–H and O–H groups in total. The van der Waals surface area contributed by atoms with Gasteiger partial charge in [0, 0.05) is 23.7 Å². The number of alkyl halides is 3. The maximum atomic E-state index is 14.1. The van der Waals surface area contributed by atoms with E-state index >= 15 is 0 Å². The number of H-pyrrole nitrogens is 1. The van der Waals surface area contributed by atoms with Gasteiger partial charge in [-0.2, -0.15) is 13.2 Å². The maximum absolute atomic E-state index is 14.1. The summed E-state index contributed by atoms with van der Waals surface area (Å²) in [5, 5.41) is 11.9. The first kappa shape index (κ1) is 21.3. The zero-order valence-electron chi connectivity index (χ0n) is 16.8. The number of aryl methyl sites for hydroxylation is 2. The molecule has 0 saturated carbocycles. The Bertz CT molecular complexity index is 1040. The number of aliphatic hydroxyl groups is 1. The molecular formula is C22H24F4N2O. The Labute approximate surface area is 166 Å². The van der Waals surface area contributed by atoms with Crippen LogP contribution in [0.25, 0.3) is 10.9 Å². The lowest BCUT2D eigenvalue weighted by Gasteiger charge is -2.39. The van der Waals surface area contributed by atoms with Crippen LogP contribution in [0.4, 0.5) is 17.6 Å². The molecule has 7 heteroatoms. The molecule has 29 heavy (non-hydrogen) atoms. The Morgan fingerprint density at radius 1 is 1.03 bits per heavy atom. The molecule has 3 nitrogen and oxygen atoms in total. The average molecular weight is 408 g/mol. The van der Waals surface area contributed by atoms with Gasteiger partial charge in [0.2, 0.25) is 0 Å². The van der Waals surface area contributed by atoms with Gasteiger partial charge < -0.3 is 10.1 Å². The van der Waals surface area contributed by atoms with Gasteiger partial charge in [-0.3, -0.25) is 4.98 Å². The Morgan fingerprint density at radius 2 is 1.72 bits per heavy atom. The van der Waals surface area contributed by atoms with Crippen LogP contribution in [-0.4, -0.2) is 26.9 Å². The van der Waals surface area contributed by atoms with Crippen molar-refractivity contribution in [1.82, 2.24) is 9.97 Å². The van der Waals surface area contributed by atoms with Crippen molar-refractivity contribution in [3.8, 4) is 0 Å². The molecule has 0 bridgehead atoms. The average Bonchev–Trinajstić information content (AvgIpc) is 2.98. The predicted octanol–water partition coefficient (Wildman–Crippen LogP) is 5.52. The SMILES string of the molecule is Cc1ccc(F)cc1C(C)(CC(C)(O)Cc1cc2c(C)cncc2[nH]1)C(F)(F)F. The van der Waals surface area contributed by atoms with Crippen molar-refractivity contribution >= 4 is 10.9 Å². The van der Waals surface area contributed by atoms with E-state index in [-0.39, 0.29) is 12.0 Å². The summed E-state index contributed by atoms with van der Waals surface area (Å²) in [6, 6.07) is 5.20. The lowest BCUT2D eigenvalue weighted by molar-refractivity contribution is -0.200. The topological polar surface area (TPSA) is 48.9 Å². The number of fused-ring (bicyclic) bond motifs is 1. The molecule has 1 aromatic carbocycles. The van der Waals surface area contributed by atoms with Crippen molar-refractivity contribution in [1.29, 1.82) is 0 Å². The highest BCUT2D eigenvalue weighted by Crippen LogP contribution is 2.47. The van der Waals surface area contributed by atoms with E-state index in [0.29, 0.717) is 11.3 Å². The van der Waals surface area contributed by atoms with Gasteiger partial charge in [-0.25, -0.2) is 4.39 Å². The summed E-state index contributed by atoms with van der Waals surface area (Å²) in [7, 11) is 0. The third-order valence-electron chi connectivity index (χ3n) is 5.53. The van der Waals surface area contributed by atoms with Gasteiger partial charge >= 0.3 is 6.18 Å². The van der Waals surface area contributed by atoms with Crippen molar-refractivity contribution in [2.75, 3.05) is 0 Å². The highest BCUT2D eigenvalue weighted by atomic mass is 19.4. The molecule has 0 aliphatic heterocycles. The summed E-state index contributed by atoms with van der Waals surface area (Å²) in [6.07, 6.45) is -1.96. The van der Waals surface area contributed by atoms with Crippen LogP contribution >= 0.6 is 0 Å². The normalized spacial score (nSPS) is 16.6. The minimum absolute atomic E-state index is 0.0127.